The van der Waals surface area contributed by atoms with E-state index in [0.717, 1.165) is 65.6 Å². The fourth-order valence-corrected chi connectivity index (χ4v) is 6.47. The summed E-state index contributed by atoms with van der Waals surface area (Å²) >= 11 is 0. The molecule has 1 saturated carbocycles. The number of aliphatic hydroxyl groups is 1. The molecule has 0 radical (unpaired) electrons. The highest BCUT2D eigenvalue weighted by Gasteiger charge is 2.38. The first-order chi connectivity index (χ1) is 21.6. The van der Waals surface area contributed by atoms with Gasteiger partial charge in [0.25, 0.3) is 5.56 Å². The zero-order valence-electron chi connectivity index (χ0n) is 26.7. The van der Waals surface area contributed by atoms with Gasteiger partial charge in [0.1, 0.15) is 6.33 Å². The molecule has 1 atom stereocenters. The molecule has 2 aromatic carbocycles. The molecule has 0 amide bonds. The number of aromatic amines is 1. The van der Waals surface area contributed by atoms with Gasteiger partial charge in [0.05, 0.1) is 23.0 Å². The lowest BCUT2D eigenvalue weighted by Crippen LogP contribution is -2.45. The van der Waals surface area contributed by atoms with Crippen LogP contribution in [0, 0.1) is 0 Å². The van der Waals surface area contributed by atoms with Gasteiger partial charge in [0, 0.05) is 23.6 Å². The number of nitrogens with zero attached hydrogens (tertiary/aromatic N) is 7. The number of ether oxygens (including phenoxy) is 1. The van der Waals surface area contributed by atoms with Crippen LogP contribution in [0.25, 0.3) is 28.3 Å². The minimum absolute atomic E-state index is 0.0217. The van der Waals surface area contributed by atoms with Crippen LogP contribution < -0.4 is 5.56 Å². The van der Waals surface area contributed by atoms with Crippen LogP contribution in [0.2, 0.25) is 0 Å². The molecular formula is C34H42N8O3. The van der Waals surface area contributed by atoms with Gasteiger partial charge in [-0.2, -0.15) is 15.3 Å². The topological polar surface area (TPSA) is 136 Å². The number of aromatic nitrogens is 8. The van der Waals surface area contributed by atoms with Gasteiger partial charge in [-0.1, -0.05) is 55.8 Å². The Labute approximate surface area is 262 Å². The van der Waals surface area contributed by atoms with Crippen LogP contribution in [-0.4, -0.2) is 62.2 Å². The highest BCUT2D eigenvalue weighted by molar-refractivity contribution is 5.80. The molecule has 11 heteroatoms. The number of aryl methyl sites for hydroxylation is 1. The minimum atomic E-state index is -0.933. The lowest BCUT2D eigenvalue weighted by molar-refractivity contribution is -0.163. The van der Waals surface area contributed by atoms with Gasteiger partial charge < -0.3 is 9.84 Å². The summed E-state index contributed by atoms with van der Waals surface area (Å²) in [5.74, 6) is 1.08. The fourth-order valence-electron chi connectivity index (χ4n) is 6.47. The van der Waals surface area contributed by atoms with E-state index in [4.69, 9.17) is 4.74 Å². The molecule has 3 aromatic heterocycles. The Kier molecular flexibility index (Phi) is 8.41. The zero-order valence-corrected chi connectivity index (χ0v) is 26.7. The number of tetrazole rings is 1. The van der Waals surface area contributed by atoms with Crippen LogP contribution >= 0.6 is 0 Å². The summed E-state index contributed by atoms with van der Waals surface area (Å²) in [4.78, 5) is 19.1. The maximum absolute atomic E-state index is 14.5. The lowest BCUT2D eigenvalue weighted by Gasteiger charge is -2.42. The molecule has 6 rings (SSSR count). The Bertz CT molecular complexity index is 1810. The molecule has 1 unspecified atom stereocenters. The average molecular weight is 611 g/mol. The normalized spacial score (nSPS) is 19.6. The molecule has 45 heavy (non-hydrogen) atoms. The van der Waals surface area contributed by atoms with Crippen LogP contribution in [0.3, 0.4) is 0 Å². The summed E-state index contributed by atoms with van der Waals surface area (Å²) in [6.45, 7) is 9.67. The van der Waals surface area contributed by atoms with Gasteiger partial charge in [-0.05, 0) is 87.8 Å². The van der Waals surface area contributed by atoms with Gasteiger partial charge in [0.15, 0.2) is 0 Å². The van der Waals surface area contributed by atoms with Crippen LogP contribution in [0.1, 0.15) is 89.6 Å². The number of rotatable bonds is 10. The second-order valence-corrected chi connectivity index (χ2v) is 13.1. The second-order valence-electron chi connectivity index (χ2n) is 13.1. The van der Waals surface area contributed by atoms with Crippen molar-refractivity contribution < 1.29 is 9.84 Å². The van der Waals surface area contributed by atoms with Crippen molar-refractivity contribution >= 4 is 5.78 Å². The average Bonchev–Trinajstić information content (AvgIpc) is 3.73. The summed E-state index contributed by atoms with van der Waals surface area (Å²) in [6, 6.07) is 16.3. The second kappa shape index (κ2) is 12.3. The van der Waals surface area contributed by atoms with Crippen molar-refractivity contribution in [2.45, 2.75) is 103 Å². The SMILES string of the molecule is CCCc1c(Cc2ccc(-c3ccccc3)c(-c3nn[nH]n3)c2)c(=O)n(C2CCC(C)(OC(C)C(C)(C)O)CC2)c2ncnn12. The molecule has 0 saturated heterocycles. The molecule has 2 N–H and O–H groups in total. The van der Waals surface area contributed by atoms with Crippen molar-refractivity contribution in [3.05, 3.63) is 82.0 Å². The highest BCUT2D eigenvalue weighted by atomic mass is 16.5. The van der Waals surface area contributed by atoms with Gasteiger partial charge in [-0.3, -0.25) is 9.36 Å². The van der Waals surface area contributed by atoms with E-state index in [-0.39, 0.29) is 23.3 Å². The Balaban J connectivity index is 1.38. The number of hydrogen-bond donors (Lipinski definition) is 2. The van der Waals surface area contributed by atoms with Crippen LogP contribution in [0.4, 0.5) is 0 Å². The smallest absolute Gasteiger partial charge is 0.259 e. The van der Waals surface area contributed by atoms with Gasteiger partial charge in [-0.15, -0.1) is 10.2 Å². The summed E-state index contributed by atoms with van der Waals surface area (Å²) in [7, 11) is 0. The first kappa shape index (κ1) is 30.8. The maximum atomic E-state index is 14.5. The number of H-pyrrole nitrogens is 1. The van der Waals surface area contributed by atoms with Crippen molar-refractivity contribution in [2.75, 3.05) is 0 Å². The van der Waals surface area contributed by atoms with Gasteiger partial charge in [0.2, 0.25) is 11.6 Å². The number of benzene rings is 2. The standard InChI is InChI=1S/C34H42N8O3/c1-6-10-29-28(20-23-13-14-26(24-11-8-7-9-12-24)27(19-23)30-37-39-40-38-30)31(43)41(32-35-21-36-42(29)32)25-15-17-34(5,18-16-25)45-22(2)33(3,4)44/h7-9,11-14,19,21-22,25,44H,6,10,15-18,20H2,1-5H3,(H,37,38,39,40). The van der Waals surface area contributed by atoms with E-state index < -0.39 is 5.60 Å². The Hall–Kier alpha value is -4.22. The Morgan fingerprint density at radius 1 is 1.13 bits per heavy atom. The van der Waals surface area contributed by atoms with E-state index in [9.17, 15) is 9.90 Å². The molecule has 5 aromatic rings. The van der Waals surface area contributed by atoms with E-state index in [1.807, 2.05) is 34.2 Å². The van der Waals surface area contributed by atoms with E-state index in [0.29, 0.717) is 24.4 Å². The van der Waals surface area contributed by atoms with Crippen molar-refractivity contribution in [3.8, 4) is 22.5 Å². The summed E-state index contributed by atoms with van der Waals surface area (Å²) in [6.07, 6.45) is 6.30. The quantitative estimate of drug-likeness (QED) is 0.217. The summed E-state index contributed by atoms with van der Waals surface area (Å²) < 4.78 is 10.1. The zero-order chi connectivity index (χ0) is 31.8. The molecule has 1 aliphatic rings. The van der Waals surface area contributed by atoms with Crippen molar-refractivity contribution in [3.63, 3.8) is 0 Å². The van der Waals surface area contributed by atoms with E-state index >= 15 is 0 Å². The lowest BCUT2D eigenvalue weighted by atomic mass is 9.82. The molecule has 1 aliphatic carbocycles. The van der Waals surface area contributed by atoms with Crippen molar-refractivity contribution in [1.29, 1.82) is 0 Å². The van der Waals surface area contributed by atoms with Crippen LogP contribution in [0.15, 0.2) is 59.7 Å². The third kappa shape index (κ3) is 6.19. The maximum Gasteiger partial charge on any atom is 0.259 e. The van der Waals surface area contributed by atoms with Crippen LogP contribution in [0.5, 0.6) is 0 Å². The fraction of sp³-hybridized carbons (Fsp3) is 0.471. The first-order valence-electron chi connectivity index (χ1n) is 15.9. The van der Waals surface area contributed by atoms with E-state index in [1.165, 1.54) is 6.33 Å². The minimum Gasteiger partial charge on any atom is -0.388 e. The van der Waals surface area contributed by atoms with Gasteiger partial charge in [-0.25, -0.2) is 4.52 Å². The van der Waals surface area contributed by atoms with E-state index in [1.54, 1.807) is 13.8 Å². The molecule has 236 valence electrons. The predicted octanol–water partition coefficient (Wildman–Crippen LogP) is 5.33. The summed E-state index contributed by atoms with van der Waals surface area (Å²) in [5, 5.41) is 30.0. The first-order valence-corrected chi connectivity index (χ1v) is 15.9. The van der Waals surface area contributed by atoms with Crippen molar-refractivity contribution in [1.82, 2.24) is 39.8 Å². The highest BCUT2D eigenvalue weighted by Crippen LogP contribution is 2.39. The molecular weight excluding hydrogens is 568 g/mol. The third-order valence-electron chi connectivity index (χ3n) is 9.28. The number of nitrogens with one attached hydrogen (secondary N) is 1. The monoisotopic (exact) mass is 610 g/mol. The largest absolute Gasteiger partial charge is 0.388 e. The van der Waals surface area contributed by atoms with Gasteiger partial charge >= 0.3 is 0 Å². The summed E-state index contributed by atoms with van der Waals surface area (Å²) in [5.41, 5.74) is 4.14. The van der Waals surface area contributed by atoms with E-state index in [2.05, 4.69) is 74.9 Å². The molecule has 1 fully saturated rings. The predicted molar refractivity (Wildman–Crippen MR) is 172 cm³/mol. The Morgan fingerprint density at radius 2 is 1.89 bits per heavy atom. The molecule has 0 spiro atoms. The molecule has 3 heterocycles. The number of hydrogen-bond acceptors (Lipinski definition) is 8. The molecule has 0 aliphatic heterocycles. The van der Waals surface area contributed by atoms with Crippen LogP contribution in [-0.2, 0) is 17.6 Å². The Morgan fingerprint density at radius 3 is 2.56 bits per heavy atom. The third-order valence-corrected chi connectivity index (χ3v) is 9.28. The van der Waals surface area contributed by atoms with Crippen molar-refractivity contribution in [2.24, 2.45) is 0 Å². The molecule has 11 nitrogen and oxygen atoms in total. The number of fused-ring (bicyclic) bond motifs is 1. The molecule has 0 bridgehead atoms.